The second-order valence-corrected chi connectivity index (χ2v) is 7.10. The average molecular weight is 495 g/mol. The van der Waals surface area contributed by atoms with Gasteiger partial charge in [-0.1, -0.05) is 23.7 Å². The van der Waals surface area contributed by atoms with Crippen molar-refractivity contribution < 1.29 is 4.74 Å². The van der Waals surface area contributed by atoms with Crippen LogP contribution in [-0.4, -0.2) is 30.6 Å². The summed E-state index contributed by atoms with van der Waals surface area (Å²) in [4.78, 5) is 9.88. The van der Waals surface area contributed by atoms with Gasteiger partial charge in [0.2, 0.25) is 0 Å². The molecule has 1 unspecified atom stereocenters. The highest BCUT2D eigenvalue weighted by Crippen LogP contribution is 2.24. The van der Waals surface area contributed by atoms with Crippen molar-refractivity contribution >= 4 is 52.9 Å². The molecule has 0 saturated carbocycles. The number of guanidine groups is 1. The Labute approximate surface area is 175 Å². The first kappa shape index (κ1) is 22.0. The predicted octanol–water partition coefficient (Wildman–Crippen LogP) is 4.16. The van der Waals surface area contributed by atoms with Crippen molar-refractivity contribution in [3.63, 3.8) is 0 Å². The number of hydrogen-bond donors (Lipinski definition) is 2. The summed E-state index contributed by atoms with van der Waals surface area (Å²) in [6.07, 6.45) is -0.0455. The van der Waals surface area contributed by atoms with Crippen molar-refractivity contribution in [3.05, 3.63) is 44.9 Å². The Morgan fingerprint density at radius 1 is 1.32 bits per heavy atom. The van der Waals surface area contributed by atoms with Crippen LogP contribution in [0.5, 0.6) is 5.75 Å². The van der Waals surface area contributed by atoms with Crippen molar-refractivity contribution in [2.45, 2.75) is 33.4 Å². The van der Waals surface area contributed by atoms with Gasteiger partial charge in [0.25, 0.3) is 0 Å². The molecule has 0 fully saturated rings. The zero-order valence-electron chi connectivity index (χ0n) is 14.8. The van der Waals surface area contributed by atoms with Crippen LogP contribution in [0.25, 0.3) is 0 Å². The lowest BCUT2D eigenvalue weighted by Gasteiger charge is -2.18. The number of nitrogens with one attached hydrogen (secondary N) is 2. The number of aromatic nitrogens is 1. The molecular weight excluding hydrogens is 471 g/mol. The standard InChI is InChI=1S/C17H23ClN4OS.HI/c1-11(23-15-8-6-5-7-14(15)18)9-20-17(19-4)21-10-16-12(2)22-13(3)24-16;/h5-8,11H,9-10H2,1-4H3,(H2,19,20,21);1H. The molecule has 1 aromatic heterocycles. The Morgan fingerprint density at radius 3 is 2.64 bits per heavy atom. The summed E-state index contributed by atoms with van der Waals surface area (Å²) in [5.41, 5.74) is 1.07. The van der Waals surface area contributed by atoms with Gasteiger partial charge in [0.15, 0.2) is 5.96 Å². The molecule has 8 heteroatoms. The molecule has 0 spiro atoms. The van der Waals surface area contributed by atoms with Crippen LogP contribution in [0.15, 0.2) is 29.3 Å². The minimum atomic E-state index is -0.0455. The van der Waals surface area contributed by atoms with E-state index in [0.717, 1.165) is 16.7 Å². The maximum absolute atomic E-state index is 6.11. The van der Waals surface area contributed by atoms with Crippen LogP contribution >= 0.6 is 46.9 Å². The molecule has 0 aliphatic carbocycles. The Kier molecular flexibility index (Phi) is 9.52. The number of hydrogen-bond acceptors (Lipinski definition) is 4. The van der Waals surface area contributed by atoms with Crippen LogP contribution < -0.4 is 15.4 Å². The number of aliphatic imine (C=N–C) groups is 1. The third kappa shape index (κ3) is 6.99. The third-order valence-electron chi connectivity index (χ3n) is 3.36. The number of benzene rings is 1. The molecular formula is C17H24ClIN4OS. The fourth-order valence-corrected chi connectivity index (χ4v) is 3.22. The Hall–Kier alpha value is -1.06. The lowest BCUT2D eigenvalue weighted by Crippen LogP contribution is -2.41. The molecule has 2 rings (SSSR count). The van der Waals surface area contributed by atoms with Crippen LogP contribution in [0.2, 0.25) is 5.02 Å². The number of aryl methyl sites for hydroxylation is 2. The zero-order chi connectivity index (χ0) is 17.5. The van der Waals surface area contributed by atoms with E-state index in [4.69, 9.17) is 16.3 Å². The molecule has 1 aromatic carbocycles. The van der Waals surface area contributed by atoms with Gasteiger partial charge < -0.3 is 15.4 Å². The van der Waals surface area contributed by atoms with Crippen molar-refractivity contribution in [1.82, 2.24) is 15.6 Å². The van der Waals surface area contributed by atoms with E-state index in [1.54, 1.807) is 18.4 Å². The molecule has 0 aliphatic heterocycles. The molecule has 0 saturated heterocycles. The minimum Gasteiger partial charge on any atom is -0.487 e. The molecule has 0 aliphatic rings. The molecule has 0 amide bonds. The average Bonchev–Trinajstić information content (AvgIpc) is 2.87. The molecule has 2 N–H and O–H groups in total. The molecule has 0 bridgehead atoms. The maximum Gasteiger partial charge on any atom is 0.191 e. The molecule has 5 nitrogen and oxygen atoms in total. The second-order valence-electron chi connectivity index (χ2n) is 5.41. The van der Waals surface area contributed by atoms with Gasteiger partial charge in [-0.05, 0) is 32.9 Å². The van der Waals surface area contributed by atoms with E-state index < -0.39 is 0 Å². The van der Waals surface area contributed by atoms with E-state index in [0.29, 0.717) is 23.9 Å². The first-order valence-electron chi connectivity index (χ1n) is 7.78. The van der Waals surface area contributed by atoms with Crippen LogP contribution in [0.4, 0.5) is 0 Å². The summed E-state index contributed by atoms with van der Waals surface area (Å²) in [5, 5.41) is 8.25. The Morgan fingerprint density at radius 2 is 2.04 bits per heavy atom. The van der Waals surface area contributed by atoms with E-state index in [-0.39, 0.29) is 30.1 Å². The summed E-state index contributed by atoms with van der Waals surface area (Å²) in [6.45, 7) is 7.35. The van der Waals surface area contributed by atoms with E-state index in [1.807, 2.05) is 45.0 Å². The van der Waals surface area contributed by atoms with Crippen molar-refractivity contribution in [2.24, 2.45) is 4.99 Å². The van der Waals surface area contributed by atoms with Gasteiger partial charge in [-0.3, -0.25) is 4.99 Å². The minimum absolute atomic E-state index is 0. The number of thiazole rings is 1. The number of nitrogens with zero attached hydrogens (tertiary/aromatic N) is 2. The van der Waals surface area contributed by atoms with Crippen LogP contribution in [0.3, 0.4) is 0 Å². The Balaban J connectivity index is 0.00000312. The van der Waals surface area contributed by atoms with Crippen LogP contribution in [-0.2, 0) is 6.54 Å². The van der Waals surface area contributed by atoms with Gasteiger partial charge >= 0.3 is 0 Å². The van der Waals surface area contributed by atoms with E-state index in [1.165, 1.54) is 4.88 Å². The first-order valence-corrected chi connectivity index (χ1v) is 8.97. The van der Waals surface area contributed by atoms with Crippen molar-refractivity contribution in [3.8, 4) is 5.75 Å². The highest BCUT2D eigenvalue weighted by molar-refractivity contribution is 14.0. The third-order valence-corrected chi connectivity index (χ3v) is 4.75. The number of rotatable bonds is 6. The first-order chi connectivity index (χ1) is 11.5. The maximum atomic E-state index is 6.11. The highest BCUT2D eigenvalue weighted by Gasteiger charge is 2.09. The number of para-hydroxylation sites is 1. The molecule has 138 valence electrons. The molecule has 0 radical (unpaired) electrons. The van der Waals surface area contributed by atoms with Crippen LogP contribution in [0, 0.1) is 13.8 Å². The molecule has 1 heterocycles. The van der Waals surface area contributed by atoms with Crippen molar-refractivity contribution in [2.75, 3.05) is 13.6 Å². The zero-order valence-corrected chi connectivity index (χ0v) is 18.7. The van der Waals surface area contributed by atoms with Gasteiger partial charge in [-0.2, -0.15) is 0 Å². The van der Waals surface area contributed by atoms with Crippen molar-refractivity contribution in [1.29, 1.82) is 0 Å². The lowest BCUT2D eigenvalue weighted by atomic mass is 10.3. The monoisotopic (exact) mass is 494 g/mol. The fourth-order valence-electron chi connectivity index (χ4n) is 2.16. The summed E-state index contributed by atoms with van der Waals surface area (Å²) in [5.74, 6) is 1.42. The van der Waals surface area contributed by atoms with Gasteiger partial charge in [0.05, 0.1) is 28.8 Å². The smallest absolute Gasteiger partial charge is 0.191 e. The topological polar surface area (TPSA) is 58.5 Å². The number of halogens is 2. The summed E-state index contributed by atoms with van der Waals surface area (Å²) >= 11 is 7.81. The van der Waals surface area contributed by atoms with Gasteiger partial charge in [0.1, 0.15) is 11.9 Å². The highest BCUT2D eigenvalue weighted by atomic mass is 127. The predicted molar refractivity (Wildman–Crippen MR) is 117 cm³/mol. The van der Waals surface area contributed by atoms with Crippen LogP contribution in [0.1, 0.15) is 22.5 Å². The number of ether oxygens (including phenoxy) is 1. The largest absolute Gasteiger partial charge is 0.487 e. The lowest BCUT2D eigenvalue weighted by molar-refractivity contribution is 0.224. The second kappa shape index (κ2) is 10.8. The molecule has 1 atom stereocenters. The van der Waals surface area contributed by atoms with E-state index >= 15 is 0 Å². The SMILES string of the molecule is CN=C(NCc1sc(C)nc1C)NCC(C)Oc1ccccc1Cl.I. The molecule has 2 aromatic rings. The normalized spacial score (nSPS) is 12.3. The van der Waals surface area contributed by atoms with E-state index in [9.17, 15) is 0 Å². The molecule has 25 heavy (non-hydrogen) atoms. The summed E-state index contributed by atoms with van der Waals surface area (Å²) in [6, 6.07) is 7.46. The van der Waals surface area contributed by atoms with Gasteiger partial charge in [-0.25, -0.2) is 4.98 Å². The Bertz CT molecular complexity index is 708. The summed E-state index contributed by atoms with van der Waals surface area (Å²) < 4.78 is 5.84. The van der Waals surface area contributed by atoms with Gasteiger partial charge in [-0.15, -0.1) is 35.3 Å². The van der Waals surface area contributed by atoms with E-state index in [2.05, 4.69) is 20.6 Å². The fraction of sp³-hybridized carbons (Fsp3) is 0.412. The quantitative estimate of drug-likeness (QED) is 0.360. The van der Waals surface area contributed by atoms with Gasteiger partial charge in [0, 0.05) is 11.9 Å². The summed E-state index contributed by atoms with van der Waals surface area (Å²) in [7, 11) is 1.75.